The van der Waals surface area contributed by atoms with E-state index in [1.807, 2.05) is 11.3 Å². The minimum atomic E-state index is 0.606. The molecule has 13 rings (SSSR count). The van der Waals surface area contributed by atoms with Crippen LogP contribution in [0.2, 0.25) is 0 Å². The molecule has 13 aromatic rings. The van der Waals surface area contributed by atoms with Gasteiger partial charge in [0.05, 0.1) is 16.7 Å². The molecule has 0 amide bonds. The summed E-state index contributed by atoms with van der Waals surface area (Å²) >= 11 is 1.84. The first-order chi connectivity index (χ1) is 32.7. The van der Waals surface area contributed by atoms with Gasteiger partial charge in [0.1, 0.15) is 0 Å². The summed E-state index contributed by atoms with van der Waals surface area (Å²) in [5.41, 5.74) is 13.0. The quantitative estimate of drug-likeness (QED) is 0.160. The van der Waals surface area contributed by atoms with Crippen LogP contribution < -0.4 is 0 Å². The zero-order valence-electron chi connectivity index (χ0n) is 35.6. The Labute approximate surface area is 385 Å². The molecular formula is C61H38N4S. The first-order valence-electron chi connectivity index (χ1n) is 22.3. The van der Waals surface area contributed by atoms with Crippen molar-refractivity contribution >= 4 is 64.1 Å². The smallest absolute Gasteiger partial charge is 0.164 e. The second-order valence-corrected chi connectivity index (χ2v) is 17.8. The molecule has 5 heteroatoms. The van der Waals surface area contributed by atoms with E-state index < -0.39 is 0 Å². The van der Waals surface area contributed by atoms with Gasteiger partial charge in [0.15, 0.2) is 17.5 Å². The van der Waals surface area contributed by atoms with E-state index in [0.29, 0.717) is 17.5 Å². The van der Waals surface area contributed by atoms with Crippen LogP contribution >= 0.6 is 11.3 Å². The first-order valence-corrected chi connectivity index (χ1v) is 23.1. The van der Waals surface area contributed by atoms with Gasteiger partial charge in [-0.1, -0.05) is 200 Å². The van der Waals surface area contributed by atoms with Gasteiger partial charge < -0.3 is 4.57 Å². The highest BCUT2D eigenvalue weighted by molar-refractivity contribution is 7.25. The maximum Gasteiger partial charge on any atom is 0.164 e. The lowest BCUT2D eigenvalue weighted by atomic mass is 9.97. The van der Waals surface area contributed by atoms with Crippen molar-refractivity contribution in [2.75, 3.05) is 0 Å². The molecule has 0 fully saturated rings. The molecule has 0 aliphatic carbocycles. The van der Waals surface area contributed by atoms with Crippen LogP contribution in [-0.4, -0.2) is 19.5 Å². The molecule has 3 heterocycles. The summed E-state index contributed by atoms with van der Waals surface area (Å²) in [6.45, 7) is 0. The Morgan fingerprint density at radius 3 is 1.50 bits per heavy atom. The van der Waals surface area contributed by atoms with Crippen LogP contribution in [0.25, 0.3) is 126 Å². The summed E-state index contributed by atoms with van der Waals surface area (Å²) in [7, 11) is 0. The van der Waals surface area contributed by atoms with Crippen molar-refractivity contribution in [2.45, 2.75) is 0 Å². The molecule has 3 aromatic heterocycles. The summed E-state index contributed by atoms with van der Waals surface area (Å²) in [6.07, 6.45) is 0. The van der Waals surface area contributed by atoms with Gasteiger partial charge in [-0.05, 0) is 68.9 Å². The van der Waals surface area contributed by atoms with Crippen molar-refractivity contribution in [1.29, 1.82) is 0 Å². The van der Waals surface area contributed by atoms with Gasteiger partial charge in [0.25, 0.3) is 0 Å². The number of thiophene rings is 1. The number of hydrogen-bond donors (Lipinski definition) is 0. The van der Waals surface area contributed by atoms with E-state index >= 15 is 0 Å². The van der Waals surface area contributed by atoms with Gasteiger partial charge in [0, 0.05) is 53.2 Å². The first kappa shape index (κ1) is 38.0. The molecule has 66 heavy (non-hydrogen) atoms. The van der Waals surface area contributed by atoms with Crippen LogP contribution in [0.4, 0.5) is 0 Å². The van der Waals surface area contributed by atoms with Crippen molar-refractivity contribution < 1.29 is 0 Å². The summed E-state index contributed by atoms with van der Waals surface area (Å²) in [4.78, 5) is 15.8. The average Bonchev–Trinajstić information content (AvgIpc) is 3.94. The average molecular weight is 859 g/mol. The predicted octanol–water partition coefficient (Wildman–Crippen LogP) is 16.5. The molecule has 308 valence electrons. The van der Waals surface area contributed by atoms with E-state index in [9.17, 15) is 0 Å². The van der Waals surface area contributed by atoms with Gasteiger partial charge in [-0.2, -0.15) is 0 Å². The minimum Gasteiger partial charge on any atom is -0.309 e. The highest BCUT2D eigenvalue weighted by atomic mass is 32.1. The Morgan fingerprint density at radius 1 is 0.288 bits per heavy atom. The van der Waals surface area contributed by atoms with Crippen molar-refractivity contribution in [3.63, 3.8) is 0 Å². The van der Waals surface area contributed by atoms with E-state index in [-0.39, 0.29) is 0 Å². The predicted molar refractivity (Wildman–Crippen MR) is 277 cm³/mol. The maximum atomic E-state index is 5.29. The third-order valence-electron chi connectivity index (χ3n) is 12.9. The van der Waals surface area contributed by atoms with Crippen molar-refractivity contribution in [3.05, 3.63) is 231 Å². The molecular weight excluding hydrogens is 821 g/mol. The highest BCUT2D eigenvalue weighted by Crippen LogP contribution is 2.40. The van der Waals surface area contributed by atoms with E-state index in [4.69, 9.17) is 15.0 Å². The fourth-order valence-electron chi connectivity index (χ4n) is 9.66. The van der Waals surface area contributed by atoms with Crippen molar-refractivity contribution in [2.24, 2.45) is 0 Å². The number of benzene rings is 10. The molecule has 0 N–H and O–H groups in total. The number of rotatable bonds is 7. The molecule has 10 aromatic carbocycles. The third-order valence-corrected chi connectivity index (χ3v) is 14.0. The normalized spacial score (nSPS) is 11.6. The van der Waals surface area contributed by atoms with Crippen LogP contribution in [0.5, 0.6) is 0 Å². The lowest BCUT2D eigenvalue weighted by molar-refractivity contribution is 1.07. The lowest BCUT2D eigenvalue weighted by Gasteiger charge is -2.16. The van der Waals surface area contributed by atoms with Gasteiger partial charge in [-0.3, -0.25) is 0 Å². The van der Waals surface area contributed by atoms with Crippen LogP contribution in [0.15, 0.2) is 231 Å². The Balaban J connectivity index is 0.966. The van der Waals surface area contributed by atoms with E-state index in [2.05, 4.69) is 235 Å². The van der Waals surface area contributed by atoms with E-state index in [0.717, 1.165) is 55.7 Å². The monoisotopic (exact) mass is 858 g/mol. The molecule has 0 aliphatic rings. The van der Waals surface area contributed by atoms with Crippen LogP contribution in [0.1, 0.15) is 0 Å². The number of fused-ring (bicyclic) bond motifs is 7. The number of para-hydroxylation sites is 2. The summed E-state index contributed by atoms with van der Waals surface area (Å²) in [5, 5.41) is 7.46. The highest BCUT2D eigenvalue weighted by Gasteiger charge is 2.19. The lowest BCUT2D eigenvalue weighted by Crippen LogP contribution is -2.02. The largest absolute Gasteiger partial charge is 0.309 e. The standard InChI is InChI=1S/C61H38N4S/c1-2-13-41(14-3-1)49-35-34-46(37-56(49)65-54-22-9-6-18-50(54)51-19-7-10-23-55(51)65)61-63-59(43-29-25-39(26-30-43)45-33-36-53-52-20-8-11-24-57(52)66-58(53)38-45)62-60(64-61)44-31-27-42(28-32-44)48-21-12-16-40-15-4-5-17-47(40)48/h1-38H. The molecule has 0 atom stereocenters. The molecule has 4 nitrogen and oxygen atoms in total. The summed E-state index contributed by atoms with van der Waals surface area (Å²) < 4.78 is 4.98. The van der Waals surface area contributed by atoms with Crippen LogP contribution in [0.3, 0.4) is 0 Å². The number of nitrogens with zero attached hydrogens (tertiary/aromatic N) is 4. The second kappa shape index (κ2) is 15.6. The SMILES string of the molecule is c1ccc(-c2ccc(-c3nc(-c4ccc(-c5ccc6c(c5)sc5ccccc56)cc4)nc(-c4ccc(-c5cccc6ccccc56)cc4)n3)cc2-n2c3ccccc3c3ccccc32)cc1. The molecule has 0 saturated carbocycles. The maximum absolute atomic E-state index is 5.29. The van der Waals surface area contributed by atoms with E-state index in [1.165, 1.54) is 52.8 Å². The van der Waals surface area contributed by atoms with E-state index in [1.54, 1.807) is 0 Å². The fraction of sp³-hybridized carbons (Fsp3) is 0. The van der Waals surface area contributed by atoms with Crippen LogP contribution in [-0.2, 0) is 0 Å². The molecule has 0 unspecified atom stereocenters. The third kappa shape index (κ3) is 6.48. The Morgan fingerprint density at radius 2 is 0.788 bits per heavy atom. The van der Waals surface area contributed by atoms with Gasteiger partial charge in [0.2, 0.25) is 0 Å². The summed E-state index contributed by atoms with van der Waals surface area (Å²) in [6, 6.07) is 82.3. The zero-order chi connectivity index (χ0) is 43.6. The van der Waals surface area contributed by atoms with Crippen LogP contribution in [0, 0.1) is 0 Å². The van der Waals surface area contributed by atoms with Crippen molar-refractivity contribution in [1.82, 2.24) is 19.5 Å². The van der Waals surface area contributed by atoms with Gasteiger partial charge in [-0.25, -0.2) is 15.0 Å². The molecule has 0 aliphatic heterocycles. The summed E-state index contributed by atoms with van der Waals surface area (Å²) in [5.74, 6) is 1.84. The Bertz CT molecular complexity index is 3920. The number of aromatic nitrogens is 4. The fourth-order valence-corrected chi connectivity index (χ4v) is 10.8. The molecule has 0 radical (unpaired) electrons. The Kier molecular flexibility index (Phi) is 9.00. The minimum absolute atomic E-state index is 0.606. The Hall–Kier alpha value is -8.51. The molecule has 0 bridgehead atoms. The second-order valence-electron chi connectivity index (χ2n) is 16.8. The topological polar surface area (TPSA) is 43.6 Å². The van der Waals surface area contributed by atoms with Gasteiger partial charge >= 0.3 is 0 Å². The van der Waals surface area contributed by atoms with Crippen molar-refractivity contribution in [3.8, 4) is 73.2 Å². The zero-order valence-corrected chi connectivity index (χ0v) is 36.5. The van der Waals surface area contributed by atoms with Gasteiger partial charge in [-0.15, -0.1) is 11.3 Å². The number of hydrogen-bond acceptors (Lipinski definition) is 4. The molecule has 0 saturated heterocycles. The molecule has 0 spiro atoms.